The molecule has 5 rings (SSSR count). The van der Waals surface area contributed by atoms with E-state index in [-0.39, 0.29) is 66.0 Å². The van der Waals surface area contributed by atoms with Gasteiger partial charge in [0.15, 0.2) is 0 Å². The molecule has 1 aliphatic rings. The molecule has 0 unspecified atom stereocenters. The number of fused-ring (bicyclic) bond motifs is 2. The molecule has 66 heavy (non-hydrogen) atoms. The Morgan fingerprint density at radius 3 is 1.42 bits per heavy atom. The van der Waals surface area contributed by atoms with Crippen molar-refractivity contribution in [1.29, 1.82) is 0 Å². The van der Waals surface area contributed by atoms with Crippen molar-refractivity contribution in [1.82, 2.24) is 21.0 Å². The monoisotopic (exact) mass is 931 g/mol. The van der Waals surface area contributed by atoms with E-state index in [0.717, 1.165) is 6.92 Å². The summed E-state index contributed by atoms with van der Waals surface area (Å²) in [6.45, 7) is 9.29. The number of nitrogens with two attached hydrogens (primary N) is 1. The third-order valence-electron chi connectivity index (χ3n) is 7.86. The lowest BCUT2D eigenvalue weighted by Crippen LogP contribution is -2.33. The molecule has 360 valence electrons. The molecular weight excluding hydrogens is 878 g/mol. The smallest absolute Gasteiger partial charge is 0.371 e. The number of imide groups is 1. The quantitative estimate of drug-likeness (QED) is 0.0356. The molecule has 1 fully saturated rings. The minimum atomic E-state index is -1.16. The van der Waals surface area contributed by atoms with E-state index in [4.69, 9.17) is 43.4 Å². The van der Waals surface area contributed by atoms with E-state index >= 15 is 0 Å². The second-order valence-electron chi connectivity index (χ2n) is 13.3. The van der Waals surface area contributed by atoms with Gasteiger partial charge in [-0.3, -0.25) is 28.8 Å². The van der Waals surface area contributed by atoms with Crippen LogP contribution in [0.2, 0.25) is 0 Å². The lowest BCUT2D eigenvalue weighted by molar-refractivity contribution is -0.172. The molecule has 0 aliphatic carbocycles. The van der Waals surface area contributed by atoms with Crippen molar-refractivity contribution in [3.8, 4) is 11.5 Å². The number of aromatic hydroxyl groups is 2. The summed E-state index contributed by atoms with van der Waals surface area (Å²) in [6.07, 6.45) is -0.0879. The lowest BCUT2D eigenvalue weighted by atomic mass is 10.1. The van der Waals surface area contributed by atoms with Crippen LogP contribution in [-0.4, -0.2) is 141 Å². The van der Waals surface area contributed by atoms with Crippen molar-refractivity contribution < 1.29 is 81.5 Å². The van der Waals surface area contributed by atoms with Crippen molar-refractivity contribution in [2.75, 3.05) is 79.0 Å². The molecule has 4 aromatic rings. The predicted molar refractivity (Wildman–Crippen MR) is 230 cm³/mol. The summed E-state index contributed by atoms with van der Waals surface area (Å²) in [5.74, 6) is -4.12. The van der Waals surface area contributed by atoms with Crippen LogP contribution in [0, 0.1) is 0 Å². The number of amides is 5. The van der Waals surface area contributed by atoms with Gasteiger partial charge in [-0.25, -0.2) is 14.4 Å². The van der Waals surface area contributed by atoms with Crippen LogP contribution in [0.3, 0.4) is 0 Å². The first kappa shape index (κ1) is 54.9. The molecule has 2 aromatic carbocycles. The SMILES string of the molecule is CC(=O)NCCOCCOCCN.CC(=O)NCCOCCOCCNC(=O)c1cc2ccc(O)cc2oc1=O.CC(=O)O.O=C(ON1C(=O)CCC1=O)c1cc2ccc(O)cc2oc1=O. The standard InChI is InChI=1S/C18H22N2O7.C14H9NO7.C8H18N2O3.C2H4O2/c1-12(21)19-4-6-25-8-9-26-7-5-20-17(23)15-10-13-2-3-14(22)11-16(13)27-18(15)24;16-8-2-1-7-5-9(13(19)21-10(7)6-8)14(20)22-15-11(17)3-4-12(15)18;1-8(11)10-3-5-13-7-6-12-4-2-9;1-2(3)4/h2-3,10-11,22H,4-9H2,1H3,(H,19,21)(H,20,23);1-2,5-6,16H,3-4H2;2-7,9H2,1H3,(H,10,11);1H3,(H,3,4). The number of ether oxygens (including phenoxy) is 4. The van der Waals surface area contributed by atoms with Gasteiger partial charge in [0.2, 0.25) is 11.8 Å². The van der Waals surface area contributed by atoms with Gasteiger partial charge in [-0.2, -0.15) is 0 Å². The highest BCUT2D eigenvalue weighted by Crippen LogP contribution is 2.21. The van der Waals surface area contributed by atoms with Gasteiger partial charge in [-0.1, -0.05) is 0 Å². The fourth-order valence-corrected chi connectivity index (χ4v) is 4.95. The molecule has 8 N–H and O–H groups in total. The summed E-state index contributed by atoms with van der Waals surface area (Å²) in [6, 6.07) is 10.9. The second-order valence-corrected chi connectivity index (χ2v) is 13.3. The second kappa shape index (κ2) is 30.0. The molecule has 0 saturated carbocycles. The van der Waals surface area contributed by atoms with Gasteiger partial charge in [0.25, 0.3) is 23.7 Å². The van der Waals surface area contributed by atoms with Gasteiger partial charge in [-0.05, 0) is 36.4 Å². The molecule has 0 radical (unpaired) electrons. The lowest BCUT2D eigenvalue weighted by Gasteiger charge is -2.12. The van der Waals surface area contributed by atoms with Crippen molar-refractivity contribution in [3.63, 3.8) is 0 Å². The average Bonchev–Trinajstić information content (AvgIpc) is 3.56. The number of hydrogen-bond acceptors (Lipinski definition) is 19. The molecule has 1 saturated heterocycles. The maximum absolute atomic E-state index is 12.1. The number of carbonyl (C=O) groups excluding carboxylic acids is 6. The Morgan fingerprint density at radius 1 is 0.606 bits per heavy atom. The Labute approximate surface area is 375 Å². The van der Waals surface area contributed by atoms with Crippen LogP contribution in [0.5, 0.6) is 11.5 Å². The number of aliphatic carboxylic acids is 1. The fourth-order valence-electron chi connectivity index (χ4n) is 4.95. The number of rotatable bonds is 20. The number of nitrogens with zero attached hydrogens (tertiary/aromatic N) is 1. The van der Waals surface area contributed by atoms with Crippen molar-refractivity contribution >= 4 is 63.4 Å². The zero-order valence-corrected chi connectivity index (χ0v) is 36.4. The fraction of sp³-hybridized carbons (Fsp3) is 0.405. The Morgan fingerprint density at radius 2 is 1.00 bits per heavy atom. The summed E-state index contributed by atoms with van der Waals surface area (Å²) >= 11 is 0. The molecule has 0 bridgehead atoms. The van der Waals surface area contributed by atoms with Gasteiger partial charge >= 0.3 is 17.2 Å². The van der Waals surface area contributed by atoms with E-state index in [2.05, 4.69) is 20.8 Å². The highest BCUT2D eigenvalue weighted by atomic mass is 16.7. The minimum Gasteiger partial charge on any atom is -0.508 e. The highest BCUT2D eigenvalue weighted by molar-refractivity contribution is 6.03. The molecule has 2 aromatic heterocycles. The summed E-state index contributed by atoms with van der Waals surface area (Å²) in [5.41, 5.74) is 3.16. The molecule has 0 spiro atoms. The number of nitrogens with one attached hydrogen (secondary N) is 3. The number of benzene rings is 2. The zero-order chi connectivity index (χ0) is 49.0. The van der Waals surface area contributed by atoms with Gasteiger partial charge < -0.3 is 69.6 Å². The zero-order valence-electron chi connectivity index (χ0n) is 36.4. The number of carbonyl (C=O) groups is 7. The van der Waals surface area contributed by atoms with Crippen LogP contribution in [0.15, 0.2) is 67.0 Å². The molecule has 3 heterocycles. The van der Waals surface area contributed by atoms with E-state index < -0.39 is 46.5 Å². The van der Waals surface area contributed by atoms with Gasteiger partial charge in [0.05, 0.1) is 52.9 Å². The molecule has 0 atom stereocenters. The van der Waals surface area contributed by atoms with E-state index in [1.54, 1.807) is 6.07 Å². The molecular formula is C42H53N5O19. The number of phenols is 2. The largest absolute Gasteiger partial charge is 0.508 e. The molecule has 5 amide bonds. The van der Waals surface area contributed by atoms with Crippen LogP contribution >= 0.6 is 0 Å². The van der Waals surface area contributed by atoms with Gasteiger partial charge in [0, 0.05) is 82.7 Å². The predicted octanol–water partition coefficient (Wildman–Crippen LogP) is 0.322. The Bertz CT molecular complexity index is 2360. The van der Waals surface area contributed by atoms with Crippen molar-refractivity contribution in [2.24, 2.45) is 5.73 Å². The normalized spacial score (nSPS) is 11.6. The first-order valence-corrected chi connectivity index (χ1v) is 20.0. The number of phenolic OH excluding ortho intramolecular Hbond substituents is 2. The first-order valence-electron chi connectivity index (χ1n) is 20.0. The maximum Gasteiger partial charge on any atom is 0.371 e. The van der Waals surface area contributed by atoms with Crippen LogP contribution in [0.1, 0.15) is 54.3 Å². The summed E-state index contributed by atoms with van der Waals surface area (Å²) in [5, 5.41) is 35.2. The van der Waals surface area contributed by atoms with E-state index in [0.29, 0.717) is 81.7 Å². The van der Waals surface area contributed by atoms with Crippen LogP contribution < -0.4 is 32.9 Å². The average molecular weight is 932 g/mol. The van der Waals surface area contributed by atoms with Crippen molar-refractivity contribution in [3.05, 3.63) is 80.5 Å². The number of hydroxylamine groups is 2. The van der Waals surface area contributed by atoms with E-state index in [1.165, 1.54) is 56.3 Å². The van der Waals surface area contributed by atoms with Crippen LogP contribution in [-0.2, 0) is 47.8 Å². The molecule has 24 heteroatoms. The van der Waals surface area contributed by atoms with Crippen LogP contribution in [0.4, 0.5) is 0 Å². The van der Waals surface area contributed by atoms with E-state index in [1.807, 2.05) is 0 Å². The Balaban J connectivity index is 0.000000344. The molecule has 24 nitrogen and oxygen atoms in total. The minimum absolute atomic E-state index is 0.0286. The maximum atomic E-state index is 12.1. The summed E-state index contributed by atoms with van der Waals surface area (Å²) < 4.78 is 30.7. The Hall–Kier alpha value is -7.25. The third-order valence-corrected chi connectivity index (χ3v) is 7.86. The summed E-state index contributed by atoms with van der Waals surface area (Å²) in [7, 11) is 0. The molecule has 1 aliphatic heterocycles. The first-order chi connectivity index (χ1) is 31.4. The van der Waals surface area contributed by atoms with Crippen molar-refractivity contribution in [2.45, 2.75) is 33.6 Å². The summed E-state index contributed by atoms with van der Waals surface area (Å²) in [4.78, 5) is 105. The number of carboxylic acid groups (broad SMARTS) is 1. The third kappa shape index (κ3) is 21.4. The Kier molecular flexibility index (Phi) is 24.9. The van der Waals surface area contributed by atoms with Gasteiger partial charge in [-0.15, -0.1) is 5.06 Å². The number of carboxylic acids is 1. The van der Waals surface area contributed by atoms with E-state index in [9.17, 15) is 48.6 Å². The highest BCUT2D eigenvalue weighted by Gasteiger charge is 2.34. The topological polar surface area (TPSA) is 352 Å². The van der Waals surface area contributed by atoms with Crippen LogP contribution in [0.25, 0.3) is 21.9 Å². The van der Waals surface area contributed by atoms with Gasteiger partial charge in [0.1, 0.15) is 33.8 Å². The number of hydrogen-bond donors (Lipinski definition) is 7.